The third-order valence-corrected chi connectivity index (χ3v) is 2.19. The summed E-state index contributed by atoms with van der Waals surface area (Å²) < 4.78 is 0. The first-order valence-corrected chi connectivity index (χ1v) is 4.95. The number of nitrogens with zero attached hydrogens (tertiary/aromatic N) is 3. The minimum atomic E-state index is 0.167. The van der Waals surface area contributed by atoms with Crippen molar-refractivity contribution in [2.75, 3.05) is 11.1 Å². The van der Waals surface area contributed by atoms with E-state index >= 15 is 0 Å². The van der Waals surface area contributed by atoms with Gasteiger partial charge in [0.15, 0.2) is 5.82 Å². The fraction of sp³-hybridized carbons (Fsp3) is 0.182. The monoisotopic (exact) mass is 215 g/mol. The van der Waals surface area contributed by atoms with Crippen LogP contribution in [-0.4, -0.2) is 15.2 Å². The van der Waals surface area contributed by atoms with Crippen molar-refractivity contribution in [1.82, 2.24) is 15.2 Å². The van der Waals surface area contributed by atoms with Crippen molar-refractivity contribution in [3.05, 3.63) is 35.5 Å². The Balaban J connectivity index is 2.26. The molecule has 2 rings (SSSR count). The van der Waals surface area contributed by atoms with Gasteiger partial charge in [0, 0.05) is 5.69 Å². The third-order valence-electron chi connectivity index (χ3n) is 2.19. The number of nitrogens with two attached hydrogens (primary N) is 1. The summed E-state index contributed by atoms with van der Waals surface area (Å²) in [5.41, 5.74) is 8.36. The third kappa shape index (κ3) is 2.25. The Kier molecular flexibility index (Phi) is 2.68. The average Bonchev–Trinajstić information content (AvgIpc) is 2.27. The number of aromatic nitrogens is 3. The van der Waals surface area contributed by atoms with Gasteiger partial charge in [-0.15, -0.1) is 10.2 Å². The molecule has 3 N–H and O–H groups in total. The number of anilines is 3. The lowest BCUT2D eigenvalue weighted by Crippen LogP contribution is -2.04. The molecule has 0 fully saturated rings. The number of benzene rings is 1. The van der Waals surface area contributed by atoms with Crippen LogP contribution in [0.3, 0.4) is 0 Å². The van der Waals surface area contributed by atoms with Gasteiger partial charge in [-0.25, -0.2) is 0 Å². The van der Waals surface area contributed by atoms with Crippen LogP contribution in [0.2, 0.25) is 0 Å². The molecule has 0 aliphatic heterocycles. The Hall–Kier alpha value is -2.17. The second kappa shape index (κ2) is 4.14. The van der Waals surface area contributed by atoms with Gasteiger partial charge in [-0.2, -0.15) is 4.98 Å². The zero-order valence-corrected chi connectivity index (χ0v) is 9.23. The lowest BCUT2D eigenvalue weighted by Gasteiger charge is -2.07. The summed E-state index contributed by atoms with van der Waals surface area (Å²) in [4.78, 5) is 4.08. The van der Waals surface area contributed by atoms with Gasteiger partial charge in [-0.3, -0.25) is 0 Å². The topological polar surface area (TPSA) is 76.7 Å². The Morgan fingerprint density at radius 2 is 1.75 bits per heavy atom. The highest BCUT2D eigenvalue weighted by Crippen LogP contribution is 2.17. The van der Waals surface area contributed by atoms with E-state index in [1.807, 2.05) is 38.1 Å². The van der Waals surface area contributed by atoms with Crippen LogP contribution in [0.15, 0.2) is 24.3 Å². The van der Waals surface area contributed by atoms with Gasteiger partial charge >= 0.3 is 0 Å². The molecule has 0 bridgehead atoms. The van der Waals surface area contributed by atoms with Crippen molar-refractivity contribution >= 4 is 17.5 Å². The molecule has 0 aliphatic carbocycles. The summed E-state index contributed by atoms with van der Waals surface area (Å²) in [5.74, 6) is 0.802. The number of aryl methyl sites for hydroxylation is 2. The van der Waals surface area contributed by atoms with Crippen molar-refractivity contribution in [2.45, 2.75) is 13.8 Å². The standard InChI is InChI=1S/C11H13N5/c1-7-3-5-9(6-4-7)13-10-8(2)15-16-11(12)14-10/h3-6H,1-2H3,(H3,12,13,14,16). The number of hydrogen-bond donors (Lipinski definition) is 2. The van der Waals surface area contributed by atoms with Crippen molar-refractivity contribution in [3.8, 4) is 0 Å². The van der Waals surface area contributed by atoms with Crippen LogP contribution in [0.4, 0.5) is 17.5 Å². The summed E-state index contributed by atoms with van der Waals surface area (Å²) >= 11 is 0. The molecular formula is C11H13N5. The molecule has 82 valence electrons. The quantitative estimate of drug-likeness (QED) is 0.799. The normalized spacial score (nSPS) is 10.1. The summed E-state index contributed by atoms with van der Waals surface area (Å²) in [6, 6.07) is 8.01. The molecular weight excluding hydrogens is 202 g/mol. The molecule has 0 radical (unpaired) electrons. The first-order chi connectivity index (χ1) is 7.65. The smallest absolute Gasteiger partial charge is 0.242 e. The van der Waals surface area contributed by atoms with E-state index in [-0.39, 0.29) is 5.95 Å². The Bertz CT molecular complexity index is 492. The highest BCUT2D eigenvalue weighted by Gasteiger charge is 2.03. The summed E-state index contributed by atoms with van der Waals surface area (Å²) in [6.07, 6.45) is 0. The molecule has 0 saturated carbocycles. The molecule has 1 aromatic heterocycles. The van der Waals surface area contributed by atoms with Crippen LogP contribution in [0.1, 0.15) is 11.3 Å². The second-order valence-electron chi connectivity index (χ2n) is 3.60. The van der Waals surface area contributed by atoms with Crippen LogP contribution in [0, 0.1) is 13.8 Å². The van der Waals surface area contributed by atoms with Crippen molar-refractivity contribution < 1.29 is 0 Å². The Morgan fingerprint density at radius 3 is 2.44 bits per heavy atom. The fourth-order valence-corrected chi connectivity index (χ4v) is 1.28. The largest absolute Gasteiger partial charge is 0.366 e. The van der Waals surface area contributed by atoms with E-state index in [0.29, 0.717) is 5.82 Å². The van der Waals surface area contributed by atoms with Crippen LogP contribution in [-0.2, 0) is 0 Å². The Labute approximate surface area is 93.7 Å². The van der Waals surface area contributed by atoms with E-state index in [1.165, 1.54) is 5.56 Å². The minimum Gasteiger partial charge on any atom is -0.366 e. The molecule has 0 aliphatic rings. The van der Waals surface area contributed by atoms with Crippen molar-refractivity contribution in [2.24, 2.45) is 0 Å². The lowest BCUT2D eigenvalue weighted by molar-refractivity contribution is 0.945. The fourth-order valence-electron chi connectivity index (χ4n) is 1.28. The molecule has 2 aromatic rings. The molecule has 0 unspecified atom stereocenters. The van der Waals surface area contributed by atoms with Crippen LogP contribution >= 0.6 is 0 Å². The summed E-state index contributed by atoms with van der Waals surface area (Å²) in [7, 11) is 0. The first kappa shape index (κ1) is 10.4. The minimum absolute atomic E-state index is 0.167. The summed E-state index contributed by atoms with van der Waals surface area (Å²) in [6.45, 7) is 3.87. The van der Waals surface area contributed by atoms with E-state index in [4.69, 9.17) is 5.73 Å². The molecule has 1 aromatic carbocycles. The SMILES string of the molecule is Cc1ccc(Nc2nc(N)nnc2C)cc1. The Morgan fingerprint density at radius 1 is 1.06 bits per heavy atom. The maximum Gasteiger partial charge on any atom is 0.242 e. The number of rotatable bonds is 2. The molecule has 1 heterocycles. The van der Waals surface area contributed by atoms with Gasteiger partial charge in [0.2, 0.25) is 5.95 Å². The predicted molar refractivity (Wildman–Crippen MR) is 63.4 cm³/mol. The number of nitrogens with one attached hydrogen (secondary N) is 1. The molecule has 0 atom stereocenters. The van der Waals surface area contributed by atoms with Crippen LogP contribution < -0.4 is 11.1 Å². The van der Waals surface area contributed by atoms with E-state index in [2.05, 4.69) is 20.5 Å². The number of nitrogen functional groups attached to an aromatic ring is 1. The molecule has 0 spiro atoms. The van der Waals surface area contributed by atoms with Crippen molar-refractivity contribution in [1.29, 1.82) is 0 Å². The molecule has 16 heavy (non-hydrogen) atoms. The zero-order valence-electron chi connectivity index (χ0n) is 9.23. The highest BCUT2D eigenvalue weighted by molar-refractivity contribution is 5.58. The number of hydrogen-bond acceptors (Lipinski definition) is 5. The van der Waals surface area contributed by atoms with Gasteiger partial charge in [0.1, 0.15) is 5.69 Å². The average molecular weight is 215 g/mol. The van der Waals surface area contributed by atoms with E-state index < -0.39 is 0 Å². The highest BCUT2D eigenvalue weighted by atomic mass is 15.2. The molecule has 5 heteroatoms. The van der Waals surface area contributed by atoms with E-state index in [9.17, 15) is 0 Å². The predicted octanol–water partition coefficient (Wildman–Crippen LogP) is 1.81. The van der Waals surface area contributed by atoms with E-state index in [1.54, 1.807) is 0 Å². The van der Waals surface area contributed by atoms with Crippen molar-refractivity contribution in [3.63, 3.8) is 0 Å². The van der Waals surface area contributed by atoms with Gasteiger partial charge in [-0.1, -0.05) is 17.7 Å². The first-order valence-electron chi connectivity index (χ1n) is 4.95. The van der Waals surface area contributed by atoms with Crippen LogP contribution in [0.5, 0.6) is 0 Å². The molecule has 0 amide bonds. The van der Waals surface area contributed by atoms with Gasteiger partial charge in [0.25, 0.3) is 0 Å². The maximum atomic E-state index is 5.48. The molecule has 5 nitrogen and oxygen atoms in total. The lowest BCUT2D eigenvalue weighted by atomic mass is 10.2. The molecule has 0 saturated heterocycles. The van der Waals surface area contributed by atoms with E-state index in [0.717, 1.165) is 11.4 Å². The maximum absolute atomic E-state index is 5.48. The second-order valence-corrected chi connectivity index (χ2v) is 3.60. The van der Waals surface area contributed by atoms with Gasteiger partial charge < -0.3 is 11.1 Å². The zero-order chi connectivity index (χ0) is 11.5. The van der Waals surface area contributed by atoms with Crippen LogP contribution in [0.25, 0.3) is 0 Å². The van der Waals surface area contributed by atoms with Gasteiger partial charge in [0.05, 0.1) is 0 Å². The van der Waals surface area contributed by atoms with Gasteiger partial charge in [-0.05, 0) is 26.0 Å². The summed E-state index contributed by atoms with van der Waals surface area (Å²) in [5, 5.41) is 10.7.